The molecule has 0 unspecified atom stereocenters. The van der Waals surface area contributed by atoms with Gasteiger partial charge in [-0.3, -0.25) is 0 Å². The fourth-order valence-electron chi connectivity index (χ4n) is 3.85. The molecule has 0 spiro atoms. The van der Waals surface area contributed by atoms with Gasteiger partial charge in [-0.25, -0.2) is 14.4 Å². The number of aromatic nitrogens is 5. The number of carboxylic acids is 1. The van der Waals surface area contributed by atoms with E-state index in [1.54, 1.807) is 29.2 Å². The summed E-state index contributed by atoms with van der Waals surface area (Å²) in [5.41, 5.74) is 3.19. The first-order valence-electron chi connectivity index (χ1n) is 11.1. The van der Waals surface area contributed by atoms with Crippen molar-refractivity contribution in [3.63, 3.8) is 0 Å². The smallest absolute Gasteiger partial charge is 0.550 e. The van der Waals surface area contributed by atoms with Crippen LogP contribution in [0, 0.1) is 5.82 Å². The van der Waals surface area contributed by atoms with Crippen LogP contribution < -0.4 is 9.79 Å². The molecule has 0 bridgehead atoms. The van der Waals surface area contributed by atoms with Gasteiger partial charge < -0.3 is 20.1 Å². The van der Waals surface area contributed by atoms with Gasteiger partial charge in [0, 0.05) is 30.6 Å². The molecule has 4 aromatic rings. The van der Waals surface area contributed by atoms with Crippen molar-refractivity contribution in [2.24, 2.45) is 0 Å². The van der Waals surface area contributed by atoms with E-state index in [1.807, 2.05) is 35.0 Å². The van der Waals surface area contributed by atoms with Crippen LogP contribution >= 0.6 is 0 Å². The van der Waals surface area contributed by atoms with Gasteiger partial charge in [-0.05, 0) is 53.7 Å². The van der Waals surface area contributed by atoms with Crippen LogP contribution in [0.15, 0.2) is 73.2 Å². The summed E-state index contributed by atoms with van der Waals surface area (Å²) in [6.07, 6.45) is 0.365. The average molecular weight is 518 g/mol. The topological polar surface area (TPSA) is 128 Å². The Bertz CT molecular complexity index is 1270. The van der Waals surface area contributed by atoms with Gasteiger partial charge in [-0.2, -0.15) is 0 Å². The number of benzene rings is 2. The minimum atomic E-state index is -1.38. The van der Waals surface area contributed by atoms with E-state index in [2.05, 4.69) is 9.97 Å². The maximum Gasteiger partial charge on any atom is 2.00 e. The van der Waals surface area contributed by atoms with E-state index in [4.69, 9.17) is 5.10 Å². The number of halogens is 1. The van der Waals surface area contributed by atoms with Gasteiger partial charge in [0.05, 0.1) is 17.3 Å². The number of aliphatic hydroxyl groups is 2. The summed E-state index contributed by atoms with van der Waals surface area (Å²) >= 11 is 0. The molecule has 2 atom stereocenters. The van der Waals surface area contributed by atoms with E-state index >= 15 is 0 Å². The van der Waals surface area contributed by atoms with Gasteiger partial charge in [0.25, 0.3) is 5.69 Å². The molecule has 180 valence electrons. The molecule has 0 saturated carbocycles. The number of para-hydroxylation sites is 1. The number of carbonyl (C=O) groups is 1. The van der Waals surface area contributed by atoms with Gasteiger partial charge in [-0.1, -0.05) is 18.2 Å². The van der Waals surface area contributed by atoms with E-state index in [0.29, 0.717) is 22.6 Å². The second-order valence-corrected chi connectivity index (χ2v) is 8.06. The van der Waals surface area contributed by atoms with Crippen LogP contribution in [0.25, 0.3) is 28.3 Å². The number of nitrogens with zero attached hydrogens (tertiary/aromatic N) is 5. The molecule has 0 aliphatic heterocycles. The largest absolute Gasteiger partial charge is 2.00 e. The number of hydrogen-bond acceptors (Lipinski definition) is 7. The molecule has 0 fully saturated rings. The van der Waals surface area contributed by atoms with E-state index in [0.717, 1.165) is 5.69 Å². The Morgan fingerprint density at radius 2 is 1.78 bits per heavy atom. The molecule has 11 heteroatoms. The third kappa shape index (κ3) is 6.92. The van der Waals surface area contributed by atoms with Crippen molar-refractivity contribution < 1.29 is 29.2 Å². The minimum absolute atomic E-state index is 0. The zero-order valence-corrected chi connectivity index (χ0v) is 21.7. The standard InChI is InChI=1S/C25H24FN5O4.Ca/c26-18-8-6-17(7-9-18)25-24(22-10-12-27-16-28-22)29-31(19-4-2-1-3-5-19)30(25)13-11-20(32)14-21(33)15-23(34)35;/h1-10,12,16,20-21,32-33H,11,13-15H2;/q;+2/t20-,21-;/m0./s1. The van der Waals surface area contributed by atoms with Crippen LogP contribution in [0.4, 0.5) is 4.39 Å². The zero-order valence-electron chi connectivity index (χ0n) is 19.4. The predicted octanol–water partition coefficient (Wildman–Crippen LogP) is 0.684. The molecular weight excluding hydrogens is 493 g/mol. The van der Waals surface area contributed by atoms with E-state index < -0.39 is 24.6 Å². The fourth-order valence-corrected chi connectivity index (χ4v) is 3.85. The molecular formula is C25H24CaFN5O4+2. The molecule has 2 N–H and O–H groups in total. The summed E-state index contributed by atoms with van der Waals surface area (Å²) in [5.74, 6) is -1.76. The van der Waals surface area contributed by atoms with Crippen molar-refractivity contribution in [2.75, 3.05) is 0 Å². The van der Waals surface area contributed by atoms with Gasteiger partial charge in [0.15, 0.2) is 0 Å². The quantitative estimate of drug-likeness (QED) is 0.234. The first-order valence-corrected chi connectivity index (χ1v) is 11.1. The molecule has 2 aromatic carbocycles. The van der Waals surface area contributed by atoms with E-state index in [-0.39, 0.29) is 62.9 Å². The van der Waals surface area contributed by atoms with Gasteiger partial charge in [0.2, 0.25) is 5.69 Å². The summed E-state index contributed by atoms with van der Waals surface area (Å²) in [5, 5.41) is 35.9. The van der Waals surface area contributed by atoms with E-state index in [9.17, 15) is 24.5 Å². The van der Waals surface area contributed by atoms with E-state index in [1.165, 1.54) is 18.5 Å². The number of carbonyl (C=O) groups excluding carboxylic acids is 1. The molecule has 2 heterocycles. The molecule has 0 saturated heterocycles. The van der Waals surface area contributed by atoms with Gasteiger partial charge in [0.1, 0.15) is 30.1 Å². The summed E-state index contributed by atoms with van der Waals surface area (Å²) in [7, 11) is 0. The van der Waals surface area contributed by atoms with Crippen LogP contribution in [0.1, 0.15) is 19.3 Å². The second kappa shape index (κ2) is 13.0. The Balaban J connectivity index is 0.00000361. The van der Waals surface area contributed by atoms with Crippen molar-refractivity contribution >= 4 is 43.7 Å². The Morgan fingerprint density at radius 1 is 1.06 bits per heavy atom. The Kier molecular flexibility index (Phi) is 10.0. The summed E-state index contributed by atoms with van der Waals surface area (Å²) in [6, 6.07) is 17.1. The normalized spacial score (nSPS) is 12.5. The fraction of sp³-hybridized carbons (Fsp3) is 0.240. The Morgan fingerprint density at radius 3 is 2.42 bits per heavy atom. The number of aliphatic carboxylic acids is 1. The van der Waals surface area contributed by atoms with Crippen molar-refractivity contribution in [2.45, 2.75) is 38.0 Å². The third-order valence-electron chi connectivity index (χ3n) is 5.46. The monoisotopic (exact) mass is 517 g/mol. The summed E-state index contributed by atoms with van der Waals surface area (Å²) < 4.78 is 15.6. The van der Waals surface area contributed by atoms with Crippen molar-refractivity contribution in [3.05, 3.63) is 79.0 Å². The zero-order chi connectivity index (χ0) is 24.8. The number of rotatable bonds is 10. The van der Waals surface area contributed by atoms with Crippen LogP contribution in [0.2, 0.25) is 0 Å². The van der Waals surface area contributed by atoms with Gasteiger partial charge in [-0.15, -0.1) is 4.68 Å². The SMILES string of the molecule is O=C([O-])C[C@@H](O)C[C@@H](O)CC[n+]1c(-c2ccc(F)cc2)c(-c2ccncn2)nn1-c1ccccc1.[Ca+2]. The maximum atomic E-state index is 13.7. The van der Waals surface area contributed by atoms with Crippen molar-refractivity contribution in [3.8, 4) is 28.3 Å². The van der Waals surface area contributed by atoms with Crippen LogP contribution in [0.5, 0.6) is 0 Å². The minimum Gasteiger partial charge on any atom is -0.550 e. The number of hydrogen-bond donors (Lipinski definition) is 2. The third-order valence-corrected chi connectivity index (χ3v) is 5.46. The molecule has 36 heavy (non-hydrogen) atoms. The molecule has 4 rings (SSSR count). The van der Waals surface area contributed by atoms with Crippen molar-refractivity contribution in [1.29, 1.82) is 0 Å². The molecule has 9 nitrogen and oxygen atoms in total. The second-order valence-electron chi connectivity index (χ2n) is 8.06. The van der Waals surface area contributed by atoms with Crippen LogP contribution in [-0.2, 0) is 11.3 Å². The Labute approximate surface area is 236 Å². The molecule has 0 aliphatic carbocycles. The summed E-state index contributed by atoms with van der Waals surface area (Å²) in [4.78, 5) is 20.7. The molecule has 2 aromatic heterocycles. The van der Waals surface area contributed by atoms with Crippen molar-refractivity contribution in [1.82, 2.24) is 19.9 Å². The van der Waals surface area contributed by atoms with Gasteiger partial charge >= 0.3 is 37.7 Å². The summed E-state index contributed by atoms with van der Waals surface area (Å²) in [6.45, 7) is 0.263. The molecule has 0 aliphatic rings. The maximum absolute atomic E-state index is 13.7. The number of carboxylic acid groups (broad SMARTS) is 1. The predicted molar refractivity (Wildman–Crippen MR) is 127 cm³/mol. The molecule has 0 radical (unpaired) electrons. The first-order chi connectivity index (χ1) is 16.9. The number of aliphatic hydroxyl groups excluding tert-OH is 2. The molecule has 0 amide bonds. The average Bonchev–Trinajstić information content (AvgIpc) is 3.23. The van der Waals surface area contributed by atoms with Crippen LogP contribution in [-0.4, -0.2) is 86.0 Å². The Hall–Kier alpha value is -2.76. The first kappa shape index (κ1) is 27.8. The van der Waals surface area contributed by atoms with Crippen LogP contribution in [0.3, 0.4) is 0 Å².